The van der Waals surface area contributed by atoms with E-state index in [2.05, 4.69) is 13.8 Å². The smallest absolute Gasteiger partial charge is 0.335 e. The second-order valence-corrected chi connectivity index (χ2v) is 5.21. The molecule has 0 saturated heterocycles. The summed E-state index contributed by atoms with van der Waals surface area (Å²) in [5.41, 5.74) is 1.23. The molecule has 3 heteroatoms. The van der Waals surface area contributed by atoms with Crippen LogP contribution < -0.4 is 0 Å². The van der Waals surface area contributed by atoms with Crippen LogP contribution in [-0.4, -0.2) is 16.3 Å². The SMILES string of the molecule is CCC(CC)Sc1ccc(C)c(C(=O)O)c1. The van der Waals surface area contributed by atoms with Gasteiger partial charge in [0.05, 0.1) is 5.56 Å². The molecule has 1 aromatic rings. The summed E-state index contributed by atoms with van der Waals surface area (Å²) in [5, 5.41) is 9.60. The average Bonchev–Trinajstić information content (AvgIpc) is 2.27. The van der Waals surface area contributed by atoms with Crippen molar-refractivity contribution in [2.45, 2.75) is 43.8 Å². The van der Waals surface area contributed by atoms with Gasteiger partial charge < -0.3 is 5.11 Å². The number of hydrogen-bond donors (Lipinski definition) is 1. The minimum atomic E-state index is -0.843. The van der Waals surface area contributed by atoms with Gasteiger partial charge in [-0.1, -0.05) is 19.9 Å². The zero-order valence-electron chi connectivity index (χ0n) is 9.99. The quantitative estimate of drug-likeness (QED) is 0.788. The summed E-state index contributed by atoms with van der Waals surface area (Å²) in [4.78, 5) is 12.0. The van der Waals surface area contributed by atoms with Crippen LogP contribution >= 0.6 is 11.8 Å². The van der Waals surface area contributed by atoms with E-state index in [1.807, 2.05) is 19.1 Å². The van der Waals surface area contributed by atoms with Gasteiger partial charge in [-0.3, -0.25) is 0 Å². The topological polar surface area (TPSA) is 37.3 Å². The molecule has 0 unspecified atom stereocenters. The molecule has 0 heterocycles. The molecule has 0 saturated carbocycles. The Bertz CT molecular complexity index is 370. The summed E-state index contributed by atoms with van der Waals surface area (Å²) in [6, 6.07) is 5.67. The van der Waals surface area contributed by atoms with Gasteiger partial charge in [-0.15, -0.1) is 11.8 Å². The fourth-order valence-corrected chi connectivity index (χ4v) is 2.60. The normalized spacial score (nSPS) is 10.8. The molecule has 0 atom stereocenters. The van der Waals surface area contributed by atoms with Crippen molar-refractivity contribution in [3.05, 3.63) is 29.3 Å². The molecule has 0 aliphatic heterocycles. The first-order valence-electron chi connectivity index (χ1n) is 5.59. The summed E-state index contributed by atoms with van der Waals surface area (Å²) in [6.07, 6.45) is 2.22. The number of aryl methyl sites for hydroxylation is 1. The number of rotatable bonds is 5. The minimum Gasteiger partial charge on any atom is -0.478 e. The van der Waals surface area contributed by atoms with E-state index in [1.165, 1.54) is 0 Å². The zero-order chi connectivity index (χ0) is 12.1. The summed E-state index contributed by atoms with van der Waals surface area (Å²) < 4.78 is 0. The van der Waals surface area contributed by atoms with E-state index in [4.69, 9.17) is 5.11 Å². The van der Waals surface area contributed by atoms with E-state index in [-0.39, 0.29) is 0 Å². The van der Waals surface area contributed by atoms with Crippen molar-refractivity contribution < 1.29 is 9.90 Å². The maximum atomic E-state index is 11.0. The lowest BCUT2D eigenvalue weighted by Gasteiger charge is -2.12. The Morgan fingerprint density at radius 2 is 2.00 bits per heavy atom. The molecule has 16 heavy (non-hydrogen) atoms. The molecular weight excluding hydrogens is 220 g/mol. The fourth-order valence-electron chi connectivity index (χ4n) is 1.55. The predicted octanol–water partition coefficient (Wildman–Crippen LogP) is 3.97. The molecule has 0 radical (unpaired) electrons. The first kappa shape index (κ1) is 13.1. The number of thioether (sulfide) groups is 1. The highest BCUT2D eigenvalue weighted by Gasteiger charge is 2.10. The highest BCUT2D eigenvalue weighted by Crippen LogP contribution is 2.28. The van der Waals surface area contributed by atoms with E-state index in [9.17, 15) is 4.79 Å². The Hall–Kier alpha value is -0.960. The summed E-state index contributed by atoms with van der Waals surface area (Å²) in [7, 11) is 0. The van der Waals surface area contributed by atoms with Crippen LogP contribution in [0.4, 0.5) is 0 Å². The lowest BCUT2D eigenvalue weighted by molar-refractivity contribution is 0.0696. The standard InChI is InChI=1S/C13H18O2S/c1-4-10(5-2)16-11-7-6-9(3)12(8-11)13(14)15/h6-8,10H,4-5H2,1-3H3,(H,14,15). The van der Waals surface area contributed by atoms with Crippen LogP contribution in [0.15, 0.2) is 23.1 Å². The molecule has 1 aromatic carbocycles. The maximum Gasteiger partial charge on any atom is 0.335 e. The molecule has 1 N–H and O–H groups in total. The van der Waals surface area contributed by atoms with Gasteiger partial charge in [-0.05, 0) is 37.5 Å². The fraction of sp³-hybridized carbons (Fsp3) is 0.462. The number of carbonyl (C=O) groups is 1. The van der Waals surface area contributed by atoms with Gasteiger partial charge in [0.1, 0.15) is 0 Å². The van der Waals surface area contributed by atoms with Crippen molar-refractivity contribution in [1.82, 2.24) is 0 Å². The van der Waals surface area contributed by atoms with E-state index < -0.39 is 5.97 Å². The van der Waals surface area contributed by atoms with Crippen LogP contribution in [-0.2, 0) is 0 Å². The number of hydrogen-bond acceptors (Lipinski definition) is 2. The third-order valence-electron chi connectivity index (χ3n) is 2.65. The van der Waals surface area contributed by atoms with Crippen molar-refractivity contribution in [2.24, 2.45) is 0 Å². The molecule has 88 valence electrons. The lowest BCUT2D eigenvalue weighted by Crippen LogP contribution is -2.01. The molecule has 1 rings (SSSR count). The molecule has 0 spiro atoms. The third kappa shape index (κ3) is 3.27. The first-order chi connectivity index (χ1) is 7.58. The maximum absolute atomic E-state index is 11.0. The molecule has 0 aromatic heterocycles. The van der Waals surface area contributed by atoms with Crippen molar-refractivity contribution in [1.29, 1.82) is 0 Å². The molecule has 2 nitrogen and oxygen atoms in total. The Kier molecular flexibility index (Phi) is 4.87. The van der Waals surface area contributed by atoms with E-state index >= 15 is 0 Å². The second-order valence-electron chi connectivity index (χ2n) is 3.84. The summed E-state index contributed by atoms with van der Waals surface area (Å²) >= 11 is 1.77. The van der Waals surface area contributed by atoms with Gasteiger partial charge >= 0.3 is 5.97 Å². The van der Waals surface area contributed by atoms with E-state index in [1.54, 1.807) is 17.8 Å². The minimum absolute atomic E-state index is 0.413. The molecule has 0 fully saturated rings. The monoisotopic (exact) mass is 238 g/mol. The van der Waals surface area contributed by atoms with Crippen molar-refractivity contribution >= 4 is 17.7 Å². The Morgan fingerprint density at radius 3 is 2.50 bits per heavy atom. The van der Waals surface area contributed by atoms with Gasteiger partial charge in [0.15, 0.2) is 0 Å². The van der Waals surface area contributed by atoms with Gasteiger partial charge in [-0.2, -0.15) is 0 Å². The van der Waals surface area contributed by atoms with Crippen molar-refractivity contribution in [3.8, 4) is 0 Å². The van der Waals surface area contributed by atoms with Crippen LogP contribution in [0.25, 0.3) is 0 Å². The summed E-state index contributed by atoms with van der Waals surface area (Å²) in [6.45, 7) is 6.15. The van der Waals surface area contributed by atoms with Gasteiger partial charge in [0.25, 0.3) is 0 Å². The first-order valence-corrected chi connectivity index (χ1v) is 6.47. The van der Waals surface area contributed by atoms with Crippen LogP contribution in [0.2, 0.25) is 0 Å². The largest absolute Gasteiger partial charge is 0.478 e. The Balaban J connectivity index is 2.90. The third-order valence-corrected chi connectivity index (χ3v) is 4.18. The number of carboxylic acids is 1. The molecule has 0 aliphatic rings. The second kappa shape index (κ2) is 5.94. The van der Waals surface area contributed by atoms with Gasteiger partial charge in [-0.25, -0.2) is 4.79 Å². The van der Waals surface area contributed by atoms with Crippen LogP contribution in [0.3, 0.4) is 0 Å². The zero-order valence-corrected chi connectivity index (χ0v) is 10.8. The Labute approximate surface area is 101 Å². The van der Waals surface area contributed by atoms with Crippen LogP contribution in [0, 0.1) is 6.92 Å². The highest BCUT2D eigenvalue weighted by molar-refractivity contribution is 8.00. The van der Waals surface area contributed by atoms with Crippen molar-refractivity contribution in [2.75, 3.05) is 0 Å². The van der Waals surface area contributed by atoms with Gasteiger partial charge in [0, 0.05) is 10.1 Å². The average molecular weight is 238 g/mol. The number of aromatic carboxylic acids is 1. The van der Waals surface area contributed by atoms with Crippen LogP contribution in [0.5, 0.6) is 0 Å². The molecule has 0 bridgehead atoms. The molecule has 0 aliphatic carbocycles. The number of benzene rings is 1. The summed E-state index contributed by atoms with van der Waals surface area (Å²) in [5.74, 6) is -0.843. The molecular formula is C13H18O2S. The highest BCUT2D eigenvalue weighted by atomic mass is 32.2. The predicted molar refractivity (Wildman–Crippen MR) is 68.4 cm³/mol. The number of carboxylic acid groups (broad SMARTS) is 1. The molecule has 0 amide bonds. The van der Waals surface area contributed by atoms with Crippen LogP contribution in [0.1, 0.15) is 42.6 Å². The van der Waals surface area contributed by atoms with E-state index in [0.717, 1.165) is 23.3 Å². The lowest BCUT2D eigenvalue weighted by atomic mass is 10.1. The Morgan fingerprint density at radius 1 is 1.38 bits per heavy atom. The van der Waals surface area contributed by atoms with E-state index in [0.29, 0.717) is 10.8 Å². The van der Waals surface area contributed by atoms with Crippen molar-refractivity contribution in [3.63, 3.8) is 0 Å². The van der Waals surface area contributed by atoms with Gasteiger partial charge in [0.2, 0.25) is 0 Å².